The van der Waals surface area contributed by atoms with Crippen molar-refractivity contribution in [2.75, 3.05) is 13.1 Å². The number of sulfonamides is 1. The summed E-state index contributed by atoms with van der Waals surface area (Å²) in [6, 6.07) is -0.229. The number of piperidine rings is 1. The molecular formula is C16H16F6N2O5S. The fraction of sp³-hybridized carbons (Fsp3) is 0.500. The molecule has 2 amide bonds. The van der Waals surface area contributed by atoms with Crippen LogP contribution >= 0.6 is 0 Å². The monoisotopic (exact) mass is 462 g/mol. The van der Waals surface area contributed by atoms with Crippen LogP contribution in [0.5, 0.6) is 0 Å². The number of nitrogens with one attached hydrogen (secondary N) is 1. The second-order valence-corrected chi connectivity index (χ2v) is 8.49. The van der Waals surface area contributed by atoms with Gasteiger partial charge in [-0.3, -0.25) is 4.79 Å². The molecule has 1 fully saturated rings. The molecule has 1 aliphatic heterocycles. The molecule has 2 rings (SSSR count). The van der Waals surface area contributed by atoms with Gasteiger partial charge >= 0.3 is 18.4 Å². The molecule has 2 unspecified atom stereocenters. The van der Waals surface area contributed by atoms with Crippen molar-refractivity contribution in [1.29, 1.82) is 0 Å². The minimum absolute atomic E-state index is 0.00130. The number of hydrogen-bond acceptors (Lipinski definition) is 4. The van der Waals surface area contributed by atoms with E-state index in [0.717, 1.165) is 4.90 Å². The van der Waals surface area contributed by atoms with E-state index in [-0.39, 0.29) is 37.7 Å². The number of hydrogen-bond donors (Lipinski definition) is 2. The fourth-order valence-corrected chi connectivity index (χ4v) is 4.16. The Morgan fingerprint density at radius 3 is 1.97 bits per heavy atom. The Kier molecular flexibility index (Phi) is 6.31. The van der Waals surface area contributed by atoms with Gasteiger partial charge in [-0.25, -0.2) is 17.9 Å². The average molecular weight is 462 g/mol. The van der Waals surface area contributed by atoms with Crippen LogP contribution in [0.25, 0.3) is 0 Å². The number of carbonyl (C=O) groups excluding carboxylic acids is 1. The molecular weight excluding hydrogens is 446 g/mol. The van der Waals surface area contributed by atoms with Crippen LogP contribution in [-0.4, -0.2) is 43.5 Å². The van der Waals surface area contributed by atoms with Crippen LogP contribution in [0.3, 0.4) is 0 Å². The molecule has 0 saturated carbocycles. The van der Waals surface area contributed by atoms with E-state index in [9.17, 15) is 44.3 Å². The van der Waals surface area contributed by atoms with Gasteiger partial charge in [0.1, 0.15) is 0 Å². The van der Waals surface area contributed by atoms with Gasteiger partial charge in [-0.1, -0.05) is 6.92 Å². The number of likely N-dealkylation sites (tertiary alicyclic amines) is 1. The van der Waals surface area contributed by atoms with Gasteiger partial charge in [0.25, 0.3) is 10.0 Å². The molecule has 2 N–H and O–H groups in total. The Morgan fingerprint density at radius 1 is 1.07 bits per heavy atom. The molecule has 30 heavy (non-hydrogen) atoms. The molecule has 14 heteroatoms. The van der Waals surface area contributed by atoms with Crippen molar-refractivity contribution >= 4 is 22.0 Å². The largest absolute Gasteiger partial charge is 0.465 e. The SMILES string of the molecule is CC1CN(C(=O)O)CCC1C(=O)NS(=O)(=O)c1cc(C(F)(F)F)cc(C(F)(F)F)c1. The number of carboxylic acid groups (broad SMARTS) is 1. The predicted molar refractivity (Wildman–Crippen MR) is 88.6 cm³/mol. The molecule has 1 aromatic rings. The Morgan fingerprint density at radius 2 is 1.57 bits per heavy atom. The highest BCUT2D eigenvalue weighted by Gasteiger charge is 2.39. The van der Waals surface area contributed by atoms with Crippen LogP contribution in [0.1, 0.15) is 24.5 Å². The first-order valence-corrected chi connectivity index (χ1v) is 9.84. The van der Waals surface area contributed by atoms with Crippen molar-refractivity contribution in [2.24, 2.45) is 11.8 Å². The van der Waals surface area contributed by atoms with Crippen LogP contribution in [0.2, 0.25) is 0 Å². The summed E-state index contributed by atoms with van der Waals surface area (Å²) in [7, 11) is -5.06. The van der Waals surface area contributed by atoms with Crippen LogP contribution in [0, 0.1) is 11.8 Å². The second-order valence-electron chi connectivity index (χ2n) is 6.81. The van der Waals surface area contributed by atoms with E-state index < -0.39 is 62.2 Å². The van der Waals surface area contributed by atoms with Gasteiger partial charge in [0.15, 0.2) is 0 Å². The summed E-state index contributed by atoms with van der Waals surface area (Å²) in [6.07, 6.45) is -11.8. The van der Waals surface area contributed by atoms with Crippen molar-refractivity contribution in [3.8, 4) is 0 Å². The zero-order valence-corrected chi connectivity index (χ0v) is 16.0. The maximum Gasteiger partial charge on any atom is 0.416 e. The second kappa shape index (κ2) is 7.96. The van der Waals surface area contributed by atoms with E-state index in [4.69, 9.17) is 5.11 Å². The Balaban J connectivity index is 2.33. The summed E-state index contributed by atoms with van der Waals surface area (Å²) in [6.45, 7) is 1.30. The molecule has 1 heterocycles. The number of rotatable bonds is 3. The van der Waals surface area contributed by atoms with Gasteiger partial charge in [0.2, 0.25) is 5.91 Å². The molecule has 0 bridgehead atoms. The Bertz CT molecular complexity index is 912. The van der Waals surface area contributed by atoms with E-state index in [1.165, 1.54) is 11.6 Å². The van der Waals surface area contributed by atoms with Crippen molar-refractivity contribution in [1.82, 2.24) is 9.62 Å². The van der Waals surface area contributed by atoms with Gasteiger partial charge in [-0.05, 0) is 30.5 Å². The van der Waals surface area contributed by atoms with E-state index >= 15 is 0 Å². The van der Waals surface area contributed by atoms with Crippen LogP contribution < -0.4 is 4.72 Å². The molecule has 1 saturated heterocycles. The first-order valence-electron chi connectivity index (χ1n) is 8.36. The number of carbonyl (C=O) groups is 2. The zero-order valence-electron chi connectivity index (χ0n) is 15.2. The van der Waals surface area contributed by atoms with Crippen molar-refractivity contribution in [3.05, 3.63) is 29.3 Å². The number of nitrogens with zero attached hydrogens (tertiary/aromatic N) is 1. The maximum atomic E-state index is 12.9. The van der Waals surface area contributed by atoms with Crippen LogP contribution in [0.15, 0.2) is 23.1 Å². The predicted octanol–water partition coefficient (Wildman–Crippen LogP) is 3.17. The summed E-state index contributed by atoms with van der Waals surface area (Å²) < 4.78 is 104. The quantitative estimate of drug-likeness (QED) is 0.672. The zero-order chi connectivity index (χ0) is 23.1. The fourth-order valence-electron chi connectivity index (χ4n) is 3.06. The van der Waals surface area contributed by atoms with E-state index in [2.05, 4.69) is 0 Å². The van der Waals surface area contributed by atoms with Gasteiger partial charge in [0, 0.05) is 19.0 Å². The first kappa shape index (κ1) is 23.8. The highest BCUT2D eigenvalue weighted by atomic mass is 32.2. The van der Waals surface area contributed by atoms with Gasteiger partial charge in [0.05, 0.1) is 16.0 Å². The summed E-state index contributed by atoms with van der Waals surface area (Å²) in [5.41, 5.74) is -3.68. The molecule has 0 aromatic heterocycles. The highest BCUT2D eigenvalue weighted by Crippen LogP contribution is 2.37. The molecule has 0 aliphatic carbocycles. The highest BCUT2D eigenvalue weighted by molar-refractivity contribution is 7.90. The third-order valence-corrected chi connectivity index (χ3v) is 5.95. The Hall–Kier alpha value is -2.51. The van der Waals surface area contributed by atoms with Gasteiger partial charge in [-0.15, -0.1) is 0 Å². The lowest BCUT2D eigenvalue weighted by molar-refractivity contribution is -0.143. The minimum atomic E-state index is -5.26. The minimum Gasteiger partial charge on any atom is -0.465 e. The first-order chi connectivity index (χ1) is 13.5. The third-order valence-electron chi connectivity index (χ3n) is 4.62. The average Bonchev–Trinajstić information content (AvgIpc) is 2.59. The van der Waals surface area contributed by atoms with Crippen molar-refractivity contribution in [2.45, 2.75) is 30.6 Å². The lowest BCUT2D eigenvalue weighted by Gasteiger charge is -2.34. The summed E-state index contributed by atoms with van der Waals surface area (Å²) >= 11 is 0. The van der Waals surface area contributed by atoms with Crippen LogP contribution in [-0.2, 0) is 27.2 Å². The number of alkyl halides is 6. The van der Waals surface area contributed by atoms with Gasteiger partial charge in [-0.2, -0.15) is 26.3 Å². The number of benzene rings is 1. The molecule has 7 nitrogen and oxygen atoms in total. The smallest absolute Gasteiger partial charge is 0.416 e. The van der Waals surface area contributed by atoms with Crippen molar-refractivity contribution < 1.29 is 49.5 Å². The standard InChI is InChI=1S/C16H16F6N2O5S/c1-8-7-24(14(26)27)3-2-12(8)13(25)23-30(28,29)11-5-9(15(17,18)19)4-10(6-11)16(20,21)22/h4-6,8,12H,2-3,7H2,1H3,(H,23,25)(H,26,27). The van der Waals surface area contributed by atoms with E-state index in [1.54, 1.807) is 0 Å². The molecule has 2 atom stereocenters. The normalized spacial score (nSPS) is 20.7. The van der Waals surface area contributed by atoms with Crippen molar-refractivity contribution in [3.63, 3.8) is 0 Å². The number of halogens is 6. The van der Waals surface area contributed by atoms with Gasteiger partial charge < -0.3 is 10.0 Å². The molecule has 0 radical (unpaired) electrons. The maximum absolute atomic E-state index is 12.9. The summed E-state index contributed by atoms with van der Waals surface area (Å²) in [4.78, 5) is 22.9. The lowest BCUT2D eigenvalue weighted by atomic mass is 9.86. The molecule has 168 valence electrons. The Labute approximate surface area is 166 Å². The number of amides is 2. The lowest BCUT2D eigenvalue weighted by Crippen LogP contribution is -2.48. The molecule has 0 spiro atoms. The van der Waals surface area contributed by atoms with E-state index in [1.807, 2.05) is 0 Å². The topological polar surface area (TPSA) is 104 Å². The summed E-state index contributed by atoms with van der Waals surface area (Å²) in [5.74, 6) is -2.76. The summed E-state index contributed by atoms with van der Waals surface area (Å²) in [5, 5.41) is 8.95. The molecule has 1 aliphatic rings. The molecule has 1 aromatic carbocycles. The van der Waals surface area contributed by atoms with Crippen LogP contribution in [0.4, 0.5) is 31.1 Å². The third kappa shape index (κ3) is 5.34. The van der Waals surface area contributed by atoms with E-state index in [0.29, 0.717) is 0 Å².